The second kappa shape index (κ2) is 12.9. The quantitative estimate of drug-likeness (QED) is 0.135. The van der Waals surface area contributed by atoms with Crippen molar-refractivity contribution < 1.29 is 20.1 Å². The molecule has 0 atom stereocenters. The summed E-state index contributed by atoms with van der Waals surface area (Å²) in [5.74, 6) is 0. The zero-order valence-electron chi connectivity index (χ0n) is 24.1. The van der Waals surface area contributed by atoms with Crippen molar-refractivity contribution in [3.63, 3.8) is 0 Å². The molecule has 0 unspecified atom stereocenters. The van der Waals surface area contributed by atoms with Crippen LogP contribution < -0.4 is 10.4 Å². The molecule has 1 aliphatic rings. The number of aryl methyl sites for hydroxylation is 1. The summed E-state index contributed by atoms with van der Waals surface area (Å²) in [6, 6.07) is 48.7. The fourth-order valence-electron chi connectivity index (χ4n) is 5.77. The maximum atomic E-state index is 4.53. The topological polar surface area (TPSA) is 25.8 Å². The first-order valence-electron chi connectivity index (χ1n) is 14.2. The zero-order valence-corrected chi connectivity index (χ0v) is 27.5. The number of fused-ring (bicyclic) bond motifs is 3. The van der Waals surface area contributed by atoms with Gasteiger partial charge in [-0.2, -0.15) is 0 Å². The number of rotatable bonds is 4. The Hall–Kier alpha value is -3.95. The number of pyridine rings is 2. The Morgan fingerprint density at radius 2 is 1.36 bits per heavy atom. The molecule has 0 N–H and O–H groups in total. The van der Waals surface area contributed by atoms with Gasteiger partial charge < -0.3 is 9.97 Å². The summed E-state index contributed by atoms with van der Waals surface area (Å²) in [5.41, 5.74) is 10.6. The molecular weight excluding hydrogens is 705 g/mol. The molecule has 2 nitrogen and oxygen atoms in total. The van der Waals surface area contributed by atoms with Gasteiger partial charge in [0.05, 0.1) is 0 Å². The van der Waals surface area contributed by atoms with Gasteiger partial charge in [0.1, 0.15) is 8.07 Å². The molecule has 0 saturated carbocycles. The van der Waals surface area contributed by atoms with E-state index in [-0.39, 0.29) is 20.1 Å². The molecule has 0 fully saturated rings. The van der Waals surface area contributed by atoms with Crippen LogP contribution in [0, 0.1) is 12.1 Å². The molecule has 0 aliphatic carbocycles. The van der Waals surface area contributed by atoms with Crippen molar-refractivity contribution in [2.75, 3.05) is 0 Å². The van der Waals surface area contributed by atoms with Crippen LogP contribution in [0.15, 0.2) is 128 Å². The number of hydrogen-bond acceptors (Lipinski definition) is 2. The molecule has 7 rings (SSSR count). The number of benzene rings is 4. The van der Waals surface area contributed by atoms with Gasteiger partial charge in [-0.3, -0.25) is 0 Å². The maximum absolute atomic E-state index is 4.53. The van der Waals surface area contributed by atoms with Gasteiger partial charge in [0.2, 0.25) is 0 Å². The standard InChI is InChI=1S/C25H20NSi.C13H12N.Ir/c1-27(2)24-15-4-3-11-21(24)22-13-8-12-20(25(22)27)18-9-7-10-19(17-18)23-14-5-6-16-26-23;1-2-12-9-6-10-13(14-12)11-7-4-3-5-8-11;/h3-9,11-17H,1-2H3;3-7,9-10H,2H2,1H3;/q2*-1;. The van der Waals surface area contributed by atoms with Crippen molar-refractivity contribution >= 4 is 18.4 Å². The Kier molecular flexibility index (Phi) is 9.08. The minimum Gasteiger partial charge on any atom is -0.305 e. The average Bonchev–Trinajstić information content (AvgIpc) is 3.29. The van der Waals surface area contributed by atoms with E-state index < -0.39 is 8.07 Å². The Morgan fingerprint density at radius 1 is 0.643 bits per heavy atom. The Balaban J connectivity index is 0.000000200. The van der Waals surface area contributed by atoms with Crippen molar-refractivity contribution in [2.24, 2.45) is 0 Å². The minimum absolute atomic E-state index is 0. The second-order valence-corrected chi connectivity index (χ2v) is 15.0. The van der Waals surface area contributed by atoms with E-state index >= 15 is 0 Å². The van der Waals surface area contributed by atoms with E-state index in [9.17, 15) is 0 Å². The first-order chi connectivity index (χ1) is 20.1. The molecule has 0 spiro atoms. The largest absolute Gasteiger partial charge is 0.305 e. The third-order valence-corrected chi connectivity index (χ3v) is 11.4. The van der Waals surface area contributed by atoms with E-state index in [0.717, 1.165) is 34.6 Å². The Labute approximate surface area is 263 Å². The van der Waals surface area contributed by atoms with E-state index in [1.54, 1.807) is 10.4 Å². The van der Waals surface area contributed by atoms with E-state index in [4.69, 9.17) is 0 Å². The molecule has 6 aromatic rings. The molecule has 42 heavy (non-hydrogen) atoms. The van der Waals surface area contributed by atoms with Crippen molar-refractivity contribution in [3.05, 3.63) is 145 Å². The molecule has 209 valence electrons. The third kappa shape index (κ3) is 5.84. The first-order valence-corrected chi connectivity index (χ1v) is 17.2. The molecule has 3 heterocycles. The number of aromatic nitrogens is 2. The van der Waals surface area contributed by atoms with Gasteiger partial charge in [0, 0.05) is 32.0 Å². The molecule has 1 radical (unpaired) electrons. The SMILES string of the molecule is CCc1cccc(-c2[c-]cccc2)n1.C[Si]1(C)c2ccccc2-c2cccc(-c3cc[c-]c(-c4ccccn4)c3)c21.[Ir]. The van der Waals surface area contributed by atoms with E-state index in [0.29, 0.717) is 0 Å². The summed E-state index contributed by atoms with van der Waals surface area (Å²) < 4.78 is 0. The third-order valence-electron chi connectivity index (χ3n) is 7.79. The monoisotopic (exact) mass is 737 g/mol. The van der Waals surface area contributed by atoms with Gasteiger partial charge in [-0.25, -0.2) is 0 Å². The molecule has 0 saturated heterocycles. The van der Waals surface area contributed by atoms with Crippen LogP contribution in [-0.2, 0) is 26.5 Å². The average molecular weight is 737 g/mol. The van der Waals surface area contributed by atoms with Gasteiger partial charge in [-0.15, -0.1) is 71.3 Å². The molecule has 4 heteroatoms. The fourth-order valence-corrected chi connectivity index (χ4v) is 9.24. The zero-order chi connectivity index (χ0) is 28.2. The molecule has 2 aromatic heterocycles. The van der Waals surface area contributed by atoms with Gasteiger partial charge in [0.25, 0.3) is 0 Å². The van der Waals surface area contributed by atoms with Crippen LogP contribution in [0.1, 0.15) is 12.6 Å². The summed E-state index contributed by atoms with van der Waals surface area (Å²) in [6.45, 7) is 7.05. The van der Waals surface area contributed by atoms with Crippen LogP contribution in [0.2, 0.25) is 13.1 Å². The van der Waals surface area contributed by atoms with Gasteiger partial charge >= 0.3 is 0 Å². The van der Waals surface area contributed by atoms with Crippen LogP contribution in [0.25, 0.3) is 44.8 Å². The summed E-state index contributed by atoms with van der Waals surface area (Å²) in [4.78, 5) is 9.02. The maximum Gasteiger partial charge on any atom is 0.114 e. The van der Waals surface area contributed by atoms with Crippen LogP contribution in [-0.4, -0.2) is 18.0 Å². The van der Waals surface area contributed by atoms with Crippen molar-refractivity contribution in [1.82, 2.24) is 9.97 Å². The molecular formula is C38H32IrN2Si-2. The van der Waals surface area contributed by atoms with Crippen molar-refractivity contribution in [3.8, 4) is 44.8 Å². The van der Waals surface area contributed by atoms with Gasteiger partial charge in [-0.1, -0.05) is 86.7 Å². The van der Waals surface area contributed by atoms with Crippen molar-refractivity contribution in [2.45, 2.75) is 26.4 Å². The second-order valence-electron chi connectivity index (χ2n) is 10.7. The van der Waals surface area contributed by atoms with Crippen molar-refractivity contribution in [1.29, 1.82) is 0 Å². The number of nitrogens with zero attached hydrogens (tertiary/aromatic N) is 2. The van der Waals surface area contributed by atoms with Crippen LogP contribution in [0.4, 0.5) is 0 Å². The van der Waals surface area contributed by atoms with Crippen LogP contribution in [0.3, 0.4) is 0 Å². The molecule has 0 amide bonds. The summed E-state index contributed by atoms with van der Waals surface area (Å²) in [5, 5.41) is 3.09. The molecule has 1 aliphatic heterocycles. The summed E-state index contributed by atoms with van der Waals surface area (Å²) in [6.07, 6.45) is 2.81. The van der Waals surface area contributed by atoms with Crippen LogP contribution in [0.5, 0.6) is 0 Å². The summed E-state index contributed by atoms with van der Waals surface area (Å²) >= 11 is 0. The molecule has 0 bridgehead atoms. The van der Waals surface area contributed by atoms with Gasteiger partial charge in [0.15, 0.2) is 0 Å². The predicted octanol–water partition coefficient (Wildman–Crippen LogP) is 8.13. The van der Waals surface area contributed by atoms with Gasteiger partial charge in [-0.05, 0) is 57.0 Å². The number of hydrogen-bond donors (Lipinski definition) is 0. The molecule has 4 aromatic carbocycles. The Bertz CT molecular complexity index is 1800. The van der Waals surface area contributed by atoms with E-state index in [1.807, 2.05) is 72.9 Å². The fraction of sp³-hybridized carbons (Fsp3) is 0.105. The van der Waals surface area contributed by atoms with E-state index in [1.165, 1.54) is 22.3 Å². The smallest absolute Gasteiger partial charge is 0.114 e. The predicted molar refractivity (Wildman–Crippen MR) is 174 cm³/mol. The van der Waals surface area contributed by atoms with Crippen LogP contribution >= 0.6 is 0 Å². The Morgan fingerprint density at radius 3 is 2.14 bits per heavy atom. The summed E-state index contributed by atoms with van der Waals surface area (Å²) in [7, 11) is -1.73. The normalized spacial score (nSPS) is 12.3. The first kappa shape index (κ1) is 29.5. The minimum atomic E-state index is -1.73. The van der Waals surface area contributed by atoms with E-state index in [2.05, 4.69) is 96.7 Å².